The van der Waals surface area contributed by atoms with Gasteiger partial charge in [0.15, 0.2) is 17.4 Å². The smallest absolute Gasteiger partial charge is 0.338 e. The normalized spacial score (nSPS) is 21.0. The summed E-state index contributed by atoms with van der Waals surface area (Å²) in [5.41, 5.74) is 1.39. The monoisotopic (exact) mass is 1240 g/mol. The summed E-state index contributed by atoms with van der Waals surface area (Å²) < 4.78 is 78.9. The number of esters is 6. The van der Waals surface area contributed by atoms with Gasteiger partial charge in [-0.2, -0.15) is 0 Å². The first-order valence-electron chi connectivity index (χ1n) is 29.9. The standard InChI is InChI=1S/C24H32O8.C23H32O7.C22H32O5/c1-15(2)21(26)29-17-10-8-16(9-11-17)22(27)28-14-19-12-18(30-24(6,7)31-19)13-20(25)32-23(3,4)5;1-15(2)21(25)27-17-10-8-16(9-11-17)26-14-19-12-18(28-23(6,7)29-19)13-20(24)30-22(3,4)5;1-15(2)16-8-10-17(11-9-16)24-14-19-12-18(25-22(6,7)26-19)13-20(23)27-21(3,4)5/h8-11,18-19H,1,12-14H2,2-7H3;8-11,18-19H,1,12-14H2,2-7H3;8-11,18-19H,1,12-14H2,2-7H3. The van der Waals surface area contributed by atoms with E-state index >= 15 is 0 Å². The maximum absolute atomic E-state index is 12.4. The zero-order valence-corrected chi connectivity index (χ0v) is 55.5. The highest BCUT2D eigenvalue weighted by atomic mass is 16.7. The molecule has 492 valence electrons. The Bertz CT molecular complexity index is 2880. The molecule has 0 amide bonds. The quantitative estimate of drug-likeness (QED) is 0.0443. The van der Waals surface area contributed by atoms with Crippen molar-refractivity contribution in [1.82, 2.24) is 0 Å². The van der Waals surface area contributed by atoms with Crippen molar-refractivity contribution in [2.45, 2.75) is 234 Å². The maximum Gasteiger partial charge on any atom is 0.338 e. The fourth-order valence-corrected chi connectivity index (χ4v) is 9.17. The lowest BCUT2D eigenvalue weighted by molar-refractivity contribution is -0.304. The zero-order chi connectivity index (χ0) is 66.9. The van der Waals surface area contributed by atoms with Crippen LogP contribution in [0.25, 0.3) is 5.57 Å². The molecule has 3 aromatic rings. The molecule has 20 heteroatoms. The SMILES string of the molecule is C=C(C)C(=O)Oc1ccc(C(=O)OCC2CC(CC(=O)OC(C)(C)C)OC(C)(C)O2)cc1.C=C(C)C(=O)Oc1ccc(OCC2CC(CC(=O)OC(C)(C)C)OC(C)(C)O2)cc1.C=C(C)c1ccc(OCC2CC(CC(=O)OC(C)(C)C)OC(C)(C)O2)cc1. The van der Waals surface area contributed by atoms with E-state index in [0.717, 1.165) is 16.9 Å². The van der Waals surface area contributed by atoms with Crippen LogP contribution in [0.4, 0.5) is 0 Å². The topological polar surface area (TPSA) is 232 Å². The molecule has 3 fully saturated rings. The Morgan fingerprint density at radius 1 is 0.416 bits per heavy atom. The number of allylic oxidation sites excluding steroid dienone is 1. The third-order valence-corrected chi connectivity index (χ3v) is 12.4. The Balaban J connectivity index is 0.000000286. The van der Waals surface area contributed by atoms with E-state index in [2.05, 4.69) is 19.7 Å². The first kappa shape index (κ1) is 74.5. The van der Waals surface area contributed by atoms with E-state index in [0.29, 0.717) is 60.9 Å². The van der Waals surface area contributed by atoms with E-state index in [4.69, 9.17) is 66.3 Å². The second kappa shape index (κ2) is 32.2. The minimum absolute atomic E-state index is 0.00282. The van der Waals surface area contributed by atoms with E-state index in [1.807, 2.05) is 100 Å². The van der Waals surface area contributed by atoms with E-state index in [9.17, 15) is 28.8 Å². The van der Waals surface area contributed by atoms with Crippen molar-refractivity contribution in [2.75, 3.05) is 19.8 Å². The summed E-state index contributed by atoms with van der Waals surface area (Å²) in [6.07, 6.45) is 0.0597. The van der Waals surface area contributed by atoms with E-state index in [1.54, 1.807) is 72.7 Å². The van der Waals surface area contributed by atoms with Crippen molar-refractivity contribution in [1.29, 1.82) is 0 Å². The fraction of sp³-hybridized carbons (Fsp3) is 0.565. The van der Waals surface area contributed by atoms with Crippen molar-refractivity contribution in [3.8, 4) is 23.0 Å². The number of carbonyl (C=O) groups excluding carboxylic acids is 6. The van der Waals surface area contributed by atoms with Crippen LogP contribution in [0.5, 0.6) is 23.0 Å². The summed E-state index contributed by atoms with van der Waals surface area (Å²) in [5, 5.41) is 0. The summed E-state index contributed by atoms with van der Waals surface area (Å²) >= 11 is 0. The summed E-state index contributed by atoms with van der Waals surface area (Å²) in [5.74, 6) is -2.92. The van der Waals surface area contributed by atoms with Crippen LogP contribution >= 0.6 is 0 Å². The van der Waals surface area contributed by atoms with Crippen LogP contribution in [0.15, 0.2) is 104 Å². The van der Waals surface area contributed by atoms with Crippen molar-refractivity contribution < 1.29 is 95.1 Å². The van der Waals surface area contributed by atoms with Gasteiger partial charge in [-0.3, -0.25) is 14.4 Å². The molecule has 6 atom stereocenters. The zero-order valence-electron chi connectivity index (χ0n) is 55.5. The number of hydrogen-bond acceptors (Lipinski definition) is 20. The Hall–Kier alpha value is -6.94. The largest absolute Gasteiger partial charge is 0.491 e. The molecular weight excluding hydrogens is 1150 g/mol. The van der Waals surface area contributed by atoms with Crippen molar-refractivity contribution in [2.24, 2.45) is 0 Å². The van der Waals surface area contributed by atoms with Gasteiger partial charge >= 0.3 is 35.8 Å². The second-order valence-electron chi connectivity index (χ2n) is 26.6. The second-order valence-corrected chi connectivity index (χ2v) is 26.6. The van der Waals surface area contributed by atoms with Gasteiger partial charge < -0.3 is 66.3 Å². The lowest BCUT2D eigenvalue weighted by atomic mass is 10.1. The number of hydrogen-bond donors (Lipinski definition) is 0. The van der Waals surface area contributed by atoms with Crippen molar-refractivity contribution in [3.05, 3.63) is 115 Å². The lowest BCUT2D eigenvalue weighted by Crippen LogP contribution is -2.47. The molecule has 3 aliphatic rings. The highest BCUT2D eigenvalue weighted by Crippen LogP contribution is 2.33. The summed E-state index contributed by atoms with van der Waals surface area (Å²) in [4.78, 5) is 72.0. The molecule has 6 unspecified atom stereocenters. The lowest BCUT2D eigenvalue weighted by Gasteiger charge is -2.40. The molecule has 3 aromatic carbocycles. The number of carbonyl (C=O) groups is 6. The van der Waals surface area contributed by atoms with Crippen LogP contribution in [0.3, 0.4) is 0 Å². The summed E-state index contributed by atoms with van der Waals surface area (Å²) in [6, 6.07) is 20.5. The molecule has 0 N–H and O–H groups in total. The van der Waals surface area contributed by atoms with Gasteiger partial charge in [0.25, 0.3) is 0 Å². The molecule has 3 heterocycles. The molecule has 0 aliphatic carbocycles. The van der Waals surface area contributed by atoms with Gasteiger partial charge in [0.2, 0.25) is 0 Å². The average Bonchev–Trinajstić information content (AvgIpc) is 1.80. The molecule has 0 aromatic heterocycles. The average molecular weight is 1250 g/mol. The van der Waals surface area contributed by atoms with Crippen molar-refractivity contribution >= 4 is 41.4 Å². The first-order valence-corrected chi connectivity index (χ1v) is 29.9. The number of benzene rings is 3. The van der Waals surface area contributed by atoms with E-state index < -0.39 is 64.3 Å². The number of rotatable bonds is 20. The number of ether oxygens (including phenoxy) is 14. The molecule has 0 saturated carbocycles. The van der Waals surface area contributed by atoms with Crippen molar-refractivity contribution in [3.63, 3.8) is 0 Å². The van der Waals surface area contributed by atoms with Crippen LogP contribution in [0.1, 0.15) is 179 Å². The van der Waals surface area contributed by atoms with Crippen LogP contribution < -0.4 is 18.9 Å². The Morgan fingerprint density at radius 2 is 0.685 bits per heavy atom. The van der Waals surface area contributed by atoms with Crippen LogP contribution in [-0.2, 0) is 71.3 Å². The van der Waals surface area contributed by atoms with Gasteiger partial charge in [-0.05, 0) is 191 Å². The molecule has 20 nitrogen and oxygen atoms in total. The van der Waals surface area contributed by atoms with Gasteiger partial charge in [-0.1, -0.05) is 37.4 Å². The molecule has 89 heavy (non-hydrogen) atoms. The maximum atomic E-state index is 12.4. The van der Waals surface area contributed by atoms with Gasteiger partial charge in [-0.25, -0.2) is 14.4 Å². The third kappa shape index (κ3) is 29.5. The van der Waals surface area contributed by atoms with Gasteiger partial charge in [0.1, 0.15) is 59.6 Å². The molecule has 0 spiro atoms. The highest BCUT2D eigenvalue weighted by molar-refractivity contribution is 5.91. The van der Waals surface area contributed by atoms with E-state index in [1.165, 1.54) is 24.3 Å². The van der Waals surface area contributed by atoms with Crippen LogP contribution in [-0.4, -0.2) is 126 Å². The predicted octanol–water partition coefficient (Wildman–Crippen LogP) is 12.9. The van der Waals surface area contributed by atoms with Gasteiger partial charge in [0.05, 0.1) is 61.4 Å². The Morgan fingerprint density at radius 3 is 0.989 bits per heavy atom. The summed E-state index contributed by atoms with van der Waals surface area (Å²) in [6.45, 7) is 44.1. The minimum atomic E-state index is -0.934. The molecule has 6 rings (SSSR count). The van der Waals surface area contributed by atoms with E-state index in [-0.39, 0.29) is 73.8 Å². The molecule has 3 aliphatic heterocycles. The summed E-state index contributed by atoms with van der Waals surface area (Å²) in [7, 11) is 0. The van der Waals surface area contributed by atoms with Gasteiger partial charge in [-0.15, -0.1) is 0 Å². The molecular formula is C69H96O20. The Labute approximate surface area is 526 Å². The minimum Gasteiger partial charge on any atom is -0.491 e. The van der Waals surface area contributed by atoms with Crippen LogP contribution in [0, 0.1) is 0 Å². The van der Waals surface area contributed by atoms with Gasteiger partial charge in [0, 0.05) is 30.4 Å². The molecule has 3 saturated heterocycles. The molecule has 0 bridgehead atoms. The predicted molar refractivity (Wildman–Crippen MR) is 333 cm³/mol. The third-order valence-electron chi connectivity index (χ3n) is 12.4. The molecule has 0 radical (unpaired) electrons. The highest BCUT2D eigenvalue weighted by Gasteiger charge is 2.40. The first-order chi connectivity index (χ1) is 41.0. The Kier molecular flexibility index (Phi) is 26.9. The fourth-order valence-electron chi connectivity index (χ4n) is 9.17. The van der Waals surface area contributed by atoms with Crippen LogP contribution in [0.2, 0.25) is 0 Å².